The summed E-state index contributed by atoms with van der Waals surface area (Å²) >= 11 is 0. The second-order valence-corrected chi connectivity index (χ2v) is 5.37. The summed E-state index contributed by atoms with van der Waals surface area (Å²) < 4.78 is 0. The van der Waals surface area contributed by atoms with Gasteiger partial charge in [0.2, 0.25) is 0 Å². The summed E-state index contributed by atoms with van der Waals surface area (Å²) in [5.74, 6) is 1.31. The van der Waals surface area contributed by atoms with Crippen LogP contribution in [0.3, 0.4) is 0 Å². The molecule has 2 N–H and O–H groups in total. The lowest BCUT2D eigenvalue weighted by Gasteiger charge is -2.40. The number of nitrogen functional groups attached to an aromatic ring is 1. The van der Waals surface area contributed by atoms with Gasteiger partial charge in [-0.1, -0.05) is 53.2 Å². The highest BCUT2D eigenvalue weighted by Gasteiger charge is 2.34. The number of hydrogen-bond donors (Lipinski definition) is 1. The van der Waals surface area contributed by atoms with E-state index in [2.05, 4.69) is 46.8 Å². The van der Waals surface area contributed by atoms with E-state index < -0.39 is 0 Å². The van der Waals surface area contributed by atoms with Crippen LogP contribution in [0.1, 0.15) is 46.6 Å². The van der Waals surface area contributed by atoms with Crippen LogP contribution in [0.2, 0.25) is 0 Å². The summed E-state index contributed by atoms with van der Waals surface area (Å²) in [7, 11) is 0. The van der Waals surface area contributed by atoms with E-state index in [0.29, 0.717) is 11.8 Å². The lowest BCUT2D eigenvalue weighted by molar-refractivity contribution is 0.223. The van der Waals surface area contributed by atoms with Gasteiger partial charge in [-0.15, -0.1) is 0 Å². The van der Waals surface area contributed by atoms with E-state index in [1.807, 2.05) is 12.1 Å². The summed E-state index contributed by atoms with van der Waals surface area (Å²) in [5.41, 5.74) is 8.25. The van der Waals surface area contributed by atoms with Crippen molar-refractivity contribution in [1.82, 2.24) is 0 Å². The topological polar surface area (TPSA) is 26.0 Å². The van der Waals surface area contributed by atoms with E-state index in [9.17, 15) is 0 Å². The third-order valence-electron chi connectivity index (χ3n) is 4.37. The molecule has 1 aromatic carbocycles. The molecule has 0 aliphatic rings. The van der Waals surface area contributed by atoms with Gasteiger partial charge in [-0.05, 0) is 34.9 Å². The standard InChI is InChI=1S/C15H25N/c1-6-12(4)15(5,11(2)3)13-7-9-14(16)10-8-13/h7-12H,6,16H2,1-5H3. The summed E-state index contributed by atoms with van der Waals surface area (Å²) in [6.07, 6.45) is 1.21. The molecule has 16 heavy (non-hydrogen) atoms. The highest BCUT2D eigenvalue weighted by molar-refractivity contribution is 5.41. The number of hydrogen-bond acceptors (Lipinski definition) is 1. The predicted octanol–water partition coefficient (Wildman–Crippen LogP) is 4.23. The van der Waals surface area contributed by atoms with Crippen molar-refractivity contribution < 1.29 is 0 Å². The van der Waals surface area contributed by atoms with E-state index in [0.717, 1.165) is 5.69 Å². The van der Waals surface area contributed by atoms with Crippen molar-refractivity contribution in [2.45, 2.75) is 46.5 Å². The fourth-order valence-corrected chi connectivity index (χ4v) is 2.45. The first-order chi connectivity index (χ1) is 7.42. The molecule has 0 saturated heterocycles. The second-order valence-electron chi connectivity index (χ2n) is 5.37. The van der Waals surface area contributed by atoms with Crippen LogP contribution in [0.15, 0.2) is 24.3 Å². The maximum Gasteiger partial charge on any atom is 0.0314 e. The number of benzene rings is 1. The molecule has 0 aliphatic carbocycles. The number of nitrogens with two attached hydrogens (primary N) is 1. The van der Waals surface area contributed by atoms with Crippen molar-refractivity contribution in [3.05, 3.63) is 29.8 Å². The molecule has 0 radical (unpaired) electrons. The van der Waals surface area contributed by atoms with Gasteiger partial charge in [0.15, 0.2) is 0 Å². The molecular weight excluding hydrogens is 194 g/mol. The largest absolute Gasteiger partial charge is 0.399 e. The maximum atomic E-state index is 5.75. The lowest BCUT2D eigenvalue weighted by Crippen LogP contribution is -2.35. The van der Waals surface area contributed by atoms with Gasteiger partial charge in [0.1, 0.15) is 0 Å². The molecule has 2 atom stereocenters. The van der Waals surface area contributed by atoms with Crippen molar-refractivity contribution in [1.29, 1.82) is 0 Å². The first-order valence-corrected chi connectivity index (χ1v) is 6.28. The first-order valence-electron chi connectivity index (χ1n) is 6.28. The fourth-order valence-electron chi connectivity index (χ4n) is 2.45. The number of anilines is 1. The van der Waals surface area contributed by atoms with E-state index >= 15 is 0 Å². The van der Waals surface area contributed by atoms with Crippen LogP contribution < -0.4 is 5.73 Å². The third-order valence-corrected chi connectivity index (χ3v) is 4.37. The highest BCUT2D eigenvalue weighted by atomic mass is 14.5. The van der Waals surface area contributed by atoms with Crippen molar-refractivity contribution in [2.24, 2.45) is 11.8 Å². The van der Waals surface area contributed by atoms with Crippen LogP contribution in [0, 0.1) is 11.8 Å². The minimum Gasteiger partial charge on any atom is -0.399 e. The Balaban J connectivity index is 3.16. The van der Waals surface area contributed by atoms with E-state index in [-0.39, 0.29) is 5.41 Å². The molecule has 0 bridgehead atoms. The molecule has 0 spiro atoms. The number of rotatable bonds is 4. The average molecular weight is 219 g/mol. The molecule has 0 aliphatic heterocycles. The normalized spacial score (nSPS) is 17.1. The Bertz CT molecular complexity index is 326. The maximum absolute atomic E-state index is 5.75. The zero-order chi connectivity index (χ0) is 12.3. The Kier molecular flexibility index (Phi) is 4.01. The molecule has 1 rings (SSSR count). The van der Waals surface area contributed by atoms with Gasteiger partial charge < -0.3 is 5.73 Å². The third kappa shape index (κ3) is 2.23. The molecule has 1 heteroatoms. The van der Waals surface area contributed by atoms with E-state index in [1.54, 1.807) is 0 Å². The Labute approximate surface area is 100 Å². The van der Waals surface area contributed by atoms with Crippen molar-refractivity contribution in [2.75, 3.05) is 5.73 Å². The molecule has 1 aromatic rings. The summed E-state index contributed by atoms with van der Waals surface area (Å²) in [6.45, 7) is 11.6. The van der Waals surface area contributed by atoms with Crippen molar-refractivity contribution in [3.63, 3.8) is 0 Å². The van der Waals surface area contributed by atoms with Gasteiger partial charge in [0.25, 0.3) is 0 Å². The Morgan fingerprint density at radius 3 is 2.00 bits per heavy atom. The Hall–Kier alpha value is -0.980. The first kappa shape index (κ1) is 13.1. The average Bonchev–Trinajstić information content (AvgIpc) is 2.27. The minimum atomic E-state index is 0.239. The molecular formula is C15H25N. The van der Waals surface area contributed by atoms with E-state index in [1.165, 1.54) is 12.0 Å². The molecule has 0 amide bonds. The summed E-state index contributed by atoms with van der Waals surface area (Å²) in [4.78, 5) is 0. The molecule has 0 aromatic heterocycles. The zero-order valence-corrected chi connectivity index (χ0v) is 11.2. The van der Waals surface area contributed by atoms with Crippen LogP contribution in [0.25, 0.3) is 0 Å². The van der Waals surface area contributed by atoms with Gasteiger partial charge in [-0.25, -0.2) is 0 Å². The van der Waals surface area contributed by atoms with Crippen LogP contribution in [-0.2, 0) is 5.41 Å². The quantitative estimate of drug-likeness (QED) is 0.753. The highest BCUT2D eigenvalue weighted by Crippen LogP contribution is 2.40. The minimum absolute atomic E-state index is 0.239. The van der Waals surface area contributed by atoms with Crippen LogP contribution in [0.4, 0.5) is 5.69 Å². The second kappa shape index (κ2) is 4.90. The monoisotopic (exact) mass is 219 g/mol. The van der Waals surface area contributed by atoms with Crippen molar-refractivity contribution in [3.8, 4) is 0 Å². The van der Waals surface area contributed by atoms with Gasteiger partial charge in [-0.3, -0.25) is 0 Å². The zero-order valence-electron chi connectivity index (χ0n) is 11.2. The van der Waals surface area contributed by atoms with Gasteiger partial charge in [0, 0.05) is 5.69 Å². The van der Waals surface area contributed by atoms with Crippen molar-refractivity contribution >= 4 is 5.69 Å². The molecule has 0 fully saturated rings. The predicted molar refractivity (Wildman–Crippen MR) is 72.5 cm³/mol. The molecule has 90 valence electrons. The summed E-state index contributed by atoms with van der Waals surface area (Å²) in [5, 5.41) is 0. The smallest absolute Gasteiger partial charge is 0.0314 e. The SMILES string of the molecule is CCC(C)C(C)(c1ccc(N)cc1)C(C)C. The van der Waals surface area contributed by atoms with Crippen LogP contribution in [0.5, 0.6) is 0 Å². The van der Waals surface area contributed by atoms with Gasteiger partial charge in [-0.2, -0.15) is 0 Å². The summed E-state index contributed by atoms with van der Waals surface area (Å²) in [6, 6.07) is 8.39. The molecule has 0 saturated carbocycles. The fraction of sp³-hybridized carbons (Fsp3) is 0.600. The Morgan fingerprint density at radius 1 is 1.12 bits per heavy atom. The van der Waals surface area contributed by atoms with Crippen LogP contribution in [-0.4, -0.2) is 0 Å². The lowest BCUT2D eigenvalue weighted by atomic mass is 9.64. The van der Waals surface area contributed by atoms with Crippen LogP contribution >= 0.6 is 0 Å². The van der Waals surface area contributed by atoms with Gasteiger partial charge >= 0.3 is 0 Å². The van der Waals surface area contributed by atoms with E-state index in [4.69, 9.17) is 5.73 Å². The van der Waals surface area contributed by atoms with Gasteiger partial charge in [0.05, 0.1) is 0 Å². The molecule has 2 unspecified atom stereocenters. The Morgan fingerprint density at radius 2 is 1.62 bits per heavy atom. The molecule has 0 heterocycles. The molecule has 1 nitrogen and oxygen atoms in total.